The minimum Gasteiger partial charge on any atom is -0.310 e. The van der Waals surface area contributed by atoms with Gasteiger partial charge < -0.3 is 4.90 Å². The van der Waals surface area contributed by atoms with Crippen LogP contribution in [-0.2, 0) is 5.41 Å². The molecule has 1 atom stereocenters. The van der Waals surface area contributed by atoms with Gasteiger partial charge in [-0.25, -0.2) is 0 Å². The summed E-state index contributed by atoms with van der Waals surface area (Å²) in [6.07, 6.45) is 0. The summed E-state index contributed by atoms with van der Waals surface area (Å²) in [7, 11) is 0. The molecule has 52 heavy (non-hydrogen) atoms. The highest BCUT2D eigenvalue weighted by Crippen LogP contribution is 2.54. The van der Waals surface area contributed by atoms with E-state index in [0.717, 1.165) is 22.6 Å². The van der Waals surface area contributed by atoms with Crippen LogP contribution in [0.4, 0.5) is 17.1 Å². The van der Waals surface area contributed by atoms with Crippen molar-refractivity contribution in [1.29, 1.82) is 0 Å². The third kappa shape index (κ3) is 5.48. The maximum Gasteiger partial charge on any atom is 0.108 e. The van der Waals surface area contributed by atoms with Crippen LogP contribution in [0.2, 0.25) is 0 Å². The third-order valence-electron chi connectivity index (χ3n) is 10.1. The van der Waals surface area contributed by atoms with Crippen molar-refractivity contribution >= 4 is 17.1 Å². The lowest BCUT2D eigenvalue weighted by atomic mass is 9.73. The summed E-state index contributed by atoms with van der Waals surface area (Å²) in [4.78, 5) is 2.36. The molecule has 1 unspecified atom stereocenters. The Hall–Kier alpha value is -6.88. The van der Waals surface area contributed by atoms with Gasteiger partial charge >= 0.3 is 0 Å². The van der Waals surface area contributed by atoms with Gasteiger partial charge in [0.1, 0.15) is 5.41 Å². The van der Waals surface area contributed by atoms with Gasteiger partial charge in [0.25, 0.3) is 0 Å². The monoisotopic (exact) mass is 661 g/mol. The van der Waals surface area contributed by atoms with Crippen LogP contribution >= 0.6 is 0 Å². The Morgan fingerprint density at radius 3 is 1.50 bits per heavy atom. The zero-order chi connectivity index (χ0) is 34.7. The van der Waals surface area contributed by atoms with Gasteiger partial charge in [0, 0.05) is 22.6 Å². The van der Waals surface area contributed by atoms with E-state index in [4.69, 9.17) is 0 Å². The lowest BCUT2D eigenvalue weighted by Crippen LogP contribution is -2.25. The second-order valence-electron chi connectivity index (χ2n) is 13.1. The van der Waals surface area contributed by atoms with Crippen molar-refractivity contribution in [3.63, 3.8) is 0 Å². The molecule has 0 saturated heterocycles. The highest BCUT2D eigenvalue weighted by molar-refractivity contribution is 5.91. The predicted molar refractivity (Wildman–Crippen MR) is 217 cm³/mol. The summed E-state index contributed by atoms with van der Waals surface area (Å²) in [6, 6.07) is 75.6. The smallest absolute Gasteiger partial charge is 0.108 e. The average Bonchev–Trinajstić information content (AvgIpc) is 3.51. The van der Waals surface area contributed by atoms with E-state index in [2.05, 4.69) is 223 Å². The van der Waals surface area contributed by atoms with Gasteiger partial charge in [0.15, 0.2) is 0 Å². The molecule has 8 aromatic rings. The molecule has 1 nitrogen and oxygen atoms in total. The van der Waals surface area contributed by atoms with Crippen molar-refractivity contribution < 1.29 is 0 Å². The number of fused-ring (bicyclic) bond motifs is 3. The molecule has 0 radical (unpaired) electrons. The summed E-state index contributed by atoms with van der Waals surface area (Å²) in [5.74, 6) is 7.40. The maximum atomic E-state index is 3.83. The Balaban J connectivity index is 1.19. The molecule has 0 spiro atoms. The number of para-hydroxylation sites is 1. The Morgan fingerprint density at radius 1 is 0.346 bits per heavy atom. The van der Waals surface area contributed by atoms with E-state index >= 15 is 0 Å². The second-order valence-corrected chi connectivity index (χ2v) is 13.1. The van der Waals surface area contributed by atoms with Crippen LogP contribution in [0.1, 0.15) is 22.3 Å². The van der Waals surface area contributed by atoms with Crippen molar-refractivity contribution in [2.24, 2.45) is 0 Å². The molecular weight excluding hydrogens is 627 g/mol. The molecule has 0 amide bonds. The molecule has 1 aliphatic carbocycles. The van der Waals surface area contributed by atoms with Crippen LogP contribution in [0, 0.1) is 11.8 Å². The van der Waals surface area contributed by atoms with Gasteiger partial charge in [-0.15, -0.1) is 0 Å². The van der Waals surface area contributed by atoms with E-state index in [1.54, 1.807) is 0 Å². The molecule has 0 fully saturated rings. The van der Waals surface area contributed by atoms with Crippen molar-refractivity contribution in [3.05, 3.63) is 235 Å². The number of anilines is 3. The van der Waals surface area contributed by atoms with Crippen molar-refractivity contribution in [2.45, 2.75) is 5.41 Å². The standard InChI is InChI=1S/C51H35N/c1-5-17-38(18-6-1)35-36-51(41-21-9-3-10-22-41)49-28-16-15-27-47(49)48-37-44(33-34-50(48)51)52(42-23-11-4-12-24-42)43-31-29-40(30-32-43)46-26-14-13-25-45(46)39-19-7-2-8-20-39/h1-34,37H. The molecule has 8 aromatic carbocycles. The second kappa shape index (κ2) is 13.4. The van der Waals surface area contributed by atoms with Crippen molar-refractivity contribution in [3.8, 4) is 45.2 Å². The predicted octanol–water partition coefficient (Wildman–Crippen LogP) is 12.9. The molecule has 0 saturated carbocycles. The molecule has 244 valence electrons. The van der Waals surface area contributed by atoms with Crippen LogP contribution in [0.15, 0.2) is 212 Å². The highest BCUT2D eigenvalue weighted by Gasteiger charge is 2.43. The number of nitrogens with zero attached hydrogens (tertiary/aromatic N) is 1. The minimum absolute atomic E-state index is 0.618. The van der Waals surface area contributed by atoms with E-state index in [1.807, 2.05) is 6.07 Å². The summed E-state index contributed by atoms with van der Waals surface area (Å²) < 4.78 is 0. The summed E-state index contributed by atoms with van der Waals surface area (Å²) >= 11 is 0. The molecule has 0 bridgehead atoms. The quantitative estimate of drug-likeness (QED) is 0.160. The lowest BCUT2D eigenvalue weighted by Gasteiger charge is -2.29. The van der Waals surface area contributed by atoms with Gasteiger partial charge in [0.05, 0.1) is 0 Å². The first-order chi connectivity index (χ1) is 25.8. The largest absolute Gasteiger partial charge is 0.310 e. The minimum atomic E-state index is -0.618. The Kier molecular flexibility index (Phi) is 8.05. The van der Waals surface area contributed by atoms with Gasteiger partial charge in [-0.3, -0.25) is 0 Å². The summed E-state index contributed by atoms with van der Waals surface area (Å²) in [5.41, 5.74) is 14.5. The van der Waals surface area contributed by atoms with E-state index in [9.17, 15) is 0 Å². The van der Waals surface area contributed by atoms with E-state index in [1.165, 1.54) is 50.1 Å². The molecule has 1 heteroatoms. The fourth-order valence-electron chi connectivity index (χ4n) is 7.72. The summed E-state index contributed by atoms with van der Waals surface area (Å²) in [6.45, 7) is 0. The van der Waals surface area contributed by atoms with E-state index in [-0.39, 0.29) is 0 Å². The number of hydrogen-bond donors (Lipinski definition) is 0. The lowest BCUT2D eigenvalue weighted by molar-refractivity contribution is 0.837. The Morgan fingerprint density at radius 2 is 0.827 bits per heavy atom. The number of benzene rings is 8. The SMILES string of the molecule is C(#CC1(c2ccccc2)c2ccccc2-c2cc(N(c3ccccc3)c3ccc(-c4ccccc4-c4ccccc4)cc3)ccc21)c1ccccc1. The molecule has 0 aliphatic heterocycles. The fourth-order valence-corrected chi connectivity index (χ4v) is 7.72. The molecule has 0 heterocycles. The van der Waals surface area contributed by atoms with Crippen molar-refractivity contribution in [2.75, 3.05) is 4.90 Å². The molecule has 9 rings (SSSR count). The normalized spacial score (nSPS) is 14.1. The van der Waals surface area contributed by atoms with Gasteiger partial charge in [0.2, 0.25) is 0 Å². The van der Waals surface area contributed by atoms with Crippen LogP contribution in [0.5, 0.6) is 0 Å². The van der Waals surface area contributed by atoms with Crippen LogP contribution in [-0.4, -0.2) is 0 Å². The zero-order valence-electron chi connectivity index (χ0n) is 28.7. The van der Waals surface area contributed by atoms with Gasteiger partial charge in [-0.05, 0) is 98.6 Å². The van der Waals surface area contributed by atoms with Gasteiger partial charge in [-0.2, -0.15) is 0 Å². The fraction of sp³-hybridized carbons (Fsp3) is 0.0196. The van der Waals surface area contributed by atoms with Crippen LogP contribution < -0.4 is 4.90 Å². The summed E-state index contributed by atoms with van der Waals surface area (Å²) in [5, 5.41) is 0. The van der Waals surface area contributed by atoms with E-state index in [0.29, 0.717) is 0 Å². The van der Waals surface area contributed by atoms with E-state index < -0.39 is 5.41 Å². The molecular formula is C51H35N. The zero-order valence-corrected chi connectivity index (χ0v) is 28.7. The van der Waals surface area contributed by atoms with Gasteiger partial charge in [-0.1, -0.05) is 176 Å². The molecule has 0 N–H and O–H groups in total. The average molecular weight is 662 g/mol. The first-order valence-electron chi connectivity index (χ1n) is 17.8. The number of rotatable bonds is 6. The Labute approximate surface area is 306 Å². The van der Waals surface area contributed by atoms with Crippen LogP contribution in [0.3, 0.4) is 0 Å². The first kappa shape index (κ1) is 31.1. The number of hydrogen-bond acceptors (Lipinski definition) is 1. The highest BCUT2D eigenvalue weighted by atomic mass is 15.1. The molecule has 0 aromatic heterocycles. The molecule has 1 aliphatic rings. The third-order valence-corrected chi connectivity index (χ3v) is 10.1. The van der Waals surface area contributed by atoms with Crippen molar-refractivity contribution in [1.82, 2.24) is 0 Å². The first-order valence-corrected chi connectivity index (χ1v) is 17.8. The maximum absolute atomic E-state index is 3.83. The Bertz CT molecular complexity index is 2550. The van der Waals surface area contributed by atoms with Crippen LogP contribution in [0.25, 0.3) is 33.4 Å². The topological polar surface area (TPSA) is 3.24 Å².